The zero-order chi connectivity index (χ0) is 12.5. The summed E-state index contributed by atoms with van der Waals surface area (Å²) in [6, 6.07) is 1.91. The normalized spacial score (nSPS) is 21.5. The standard InChI is InChI=1S/C13H17N3OS/c1-9-3-2-5-16(7-9)8-11-14-10-4-6-18-12(10)13(17)15-11/h4,6,9H,2-3,5,7-8H2,1H3,(H,14,15,17)/t9-/m1/s1. The van der Waals surface area contributed by atoms with E-state index in [2.05, 4.69) is 21.8 Å². The van der Waals surface area contributed by atoms with Crippen LogP contribution in [0.4, 0.5) is 0 Å². The Labute approximate surface area is 110 Å². The van der Waals surface area contributed by atoms with Crippen molar-refractivity contribution in [1.29, 1.82) is 0 Å². The number of aromatic nitrogens is 2. The second kappa shape index (κ2) is 4.82. The zero-order valence-electron chi connectivity index (χ0n) is 10.5. The summed E-state index contributed by atoms with van der Waals surface area (Å²) in [5, 5.41) is 1.92. The molecule has 4 nitrogen and oxygen atoms in total. The van der Waals surface area contributed by atoms with Crippen molar-refractivity contribution in [3.8, 4) is 0 Å². The predicted octanol–water partition coefficient (Wildman–Crippen LogP) is 2.22. The number of fused-ring (bicyclic) bond motifs is 1. The third-order valence-corrected chi connectivity index (χ3v) is 4.38. The smallest absolute Gasteiger partial charge is 0.268 e. The van der Waals surface area contributed by atoms with E-state index in [-0.39, 0.29) is 5.56 Å². The Morgan fingerprint density at radius 1 is 1.61 bits per heavy atom. The van der Waals surface area contributed by atoms with Gasteiger partial charge in [0, 0.05) is 6.54 Å². The number of likely N-dealkylation sites (tertiary alicyclic amines) is 1. The van der Waals surface area contributed by atoms with E-state index in [1.165, 1.54) is 24.2 Å². The van der Waals surface area contributed by atoms with Crippen LogP contribution in [-0.4, -0.2) is 28.0 Å². The summed E-state index contributed by atoms with van der Waals surface area (Å²) in [7, 11) is 0. The maximum absolute atomic E-state index is 11.9. The average Bonchev–Trinajstić information content (AvgIpc) is 2.77. The van der Waals surface area contributed by atoms with Crippen molar-refractivity contribution in [2.75, 3.05) is 13.1 Å². The van der Waals surface area contributed by atoms with Gasteiger partial charge in [0.05, 0.1) is 12.1 Å². The second-order valence-electron chi connectivity index (χ2n) is 5.13. The van der Waals surface area contributed by atoms with Crippen LogP contribution in [0, 0.1) is 5.92 Å². The molecule has 18 heavy (non-hydrogen) atoms. The first-order valence-electron chi connectivity index (χ1n) is 6.41. The van der Waals surface area contributed by atoms with Crippen LogP contribution in [0.2, 0.25) is 0 Å². The van der Waals surface area contributed by atoms with Crippen LogP contribution in [0.3, 0.4) is 0 Å². The van der Waals surface area contributed by atoms with Crippen LogP contribution in [0.15, 0.2) is 16.2 Å². The van der Waals surface area contributed by atoms with Crippen molar-refractivity contribution >= 4 is 21.6 Å². The molecule has 2 aromatic rings. The summed E-state index contributed by atoms with van der Waals surface area (Å²) in [6.45, 7) is 5.25. The largest absolute Gasteiger partial charge is 0.308 e. The Balaban J connectivity index is 1.83. The number of H-pyrrole nitrogens is 1. The number of aromatic amines is 1. The Morgan fingerprint density at radius 3 is 3.33 bits per heavy atom. The number of nitrogens with zero attached hydrogens (tertiary/aromatic N) is 2. The lowest BCUT2D eigenvalue weighted by Gasteiger charge is -2.30. The van der Waals surface area contributed by atoms with Gasteiger partial charge >= 0.3 is 0 Å². The van der Waals surface area contributed by atoms with Crippen molar-refractivity contribution in [1.82, 2.24) is 14.9 Å². The van der Waals surface area contributed by atoms with Gasteiger partial charge in [0.1, 0.15) is 10.5 Å². The van der Waals surface area contributed by atoms with Gasteiger partial charge < -0.3 is 4.98 Å². The van der Waals surface area contributed by atoms with E-state index in [9.17, 15) is 4.79 Å². The van der Waals surface area contributed by atoms with Gasteiger partial charge in [-0.05, 0) is 36.8 Å². The van der Waals surface area contributed by atoms with Gasteiger partial charge in [-0.15, -0.1) is 11.3 Å². The Hall–Kier alpha value is -1.20. The van der Waals surface area contributed by atoms with E-state index in [0.29, 0.717) is 0 Å². The first-order chi connectivity index (χ1) is 8.72. The quantitative estimate of drug-likeness (QED) is 0.903. The van der Waals surface area contributed by atoms with Gasteiger partial charge in [0.15, 0.2) is 0 Å². The molecule has 2 aromatic heterocycles. The zero-order valence-corrected chi connectivity index (χ0v) is 11.3. The van der Waals surface area contributed by atoms with E-state index in [4.69, 9.17) is 0 Å². The molecule has 0 unspecified atom stereocenters. The van der Waals surface area contributed by atoms with Gasteiger partial charge in [-0.1, -0.05) is 6.92 Å². The molecule has 0 aliphatic carbocycles. The molecule has 3 heterocycles. The van der Waals surface area contributed by atoms with Crippen molar-refractivity contribution in [3.05, 3.63) is 27.6 Å². The van der Waals surface area contributed by atoms with Crippen molar-refractivity contribution in [3.63, 3.8) is 0 Å². The lowest BCUT2D eigenvalue weighted by molar-refractivity contribution is 0.173. The number of rotatable bonds is 2. The van der Waals surface area contributed by atoms with Gasteiger partial charge in [-0.25, -0.2) is 4.98 Å². The van der Waals surface area contributed by atoms with Crippen LogP contribution in [-0.2, 0) is 6.54 Å². The molecule has 0 saturated carbocycles. The summed E-state index contributed by atoms with van der Waals surface area (Å²) in [5.41, 5.74) is 0.818. The number of hydrogen-bond donors (Lipinski definition) is 1. The third kappa shape index (κ3) is 2.33. The molecular weight excluding hydrogens is 246 g/mol. The van der Waals surface area contributed by atoms with Crippen LogP contribution in [0.1, 0.15) is 25.6 Å². The van der Waals surface area contributed by atoms with E-state index in [1.54, 1.807) is 0 Å². The molecule has 1 aliphatic rings. The highest BCUT2D eigenvalue weighted by atomic mass is 32.1. The second-order valence-corrected chi connectivity index (χ2v) is 6.05. The van der Waals surface area contributed by atoms with E-state index in [1.807, 2.05) is 11.4 Å². The third-order valence-electron chi connectivity index (χ3n) is 3.48. The molecule has 0 aromatic carbocycles. The topological polar surface area (TPSA) is 49.0 Å². The predicted molar refractivity (Wildman–Crippen MR) is 73.9 cm³/mol. The summed E-state index contributed by atoms with van der Waals surface area (Å²) in [6.07, 6.45) is 2.55. The number of piperidine rings is 1. The maximum atomic E-state index is 11.9. The number of thiophene rings is 1. The Morgan fingerprint density at radius 2 is 2.50 bits per heavy atom. The molecular formula is C13H17N3OS. The van der Waals surface area contributed by atoms with Crippen LogP contribution in [0.5, 0.6) is 0 Å². The fraction of sp³-hybridized carbons (Fsp3) is 0.538. The molecule has 1 N–H and O–H groups in total. The molecule has 96 valence electrons. The first kappa shape index (κ1) is 11.9. The van der Waals surface area contributed by atoms with Gasteiger partial charge in [0.25, 0.3) is 5.56 Å². The minimum atomic E-state index is -0.00458. The fourth-order valence-electron chi connectivity index (χ4n) is 2.64. The van der Waals surface area contributed by atoms with Crippen LogP contribution in [0.25, 0.3) is 10.2 Å². The Kier molecular flexibility index (Phi) is 3.18. The van der Waals surface area contributed by atoms with Crippen LogP contribution >= 0.6 is 11.3 Å². The monoisotopic (exact) mass is 263 g/mol. The molecule has 5 heteroatoms. The van der Waals surface area contributed by atoms with Crippen molar-refractivity contribution < 1.29 is 0 Å². The average molecular weight is 263 g/mol. The molecule has 1 atom stereocenters. The summed E-state index contributed by atoms with van der Waals surface area (Å²) < 4.78 is 0.728. The lowest BCUT2D eigenvalue weighted by Crippen LogP contribution is -2.34. The first-order valence-corrected chi connectivity index (χ1v) is 7.29. The van der Waals surface area contributed by atoms with Gasteiger partial charge in [-0.2, -0.15) is 0 Å². The molecule has 0 radical (unpaired) electrons. The molecule has 1 saturated heterocycles. The maximum Gasteiger partial charge on any atom is 0.268 e. The summed E-state index contributed by atoms with van der Waals surface area (Å²) in [4.78, 5) is 21.7. The van der Waals surface area contributed by atoms with E-state index in [0.717, 1.165) is 41.6 Å². The highest BCUT2D eigenvalue weighted by Crippen LogP contribution is 2.18. The Bertz CT molecular complexity index is 604. The highest BCUT2D eigenvalue weighted by Gasteiger charge is 2.17. The SMILES string of the molecule is C[C@@H]1CCCN(Cc2nc3ccsc3c(=O)[nH]2)C1. The number of hydrogen-bond acceptors (Lipinski definition) is 4. The number of nitrogens with one attached hydrogen (secondary N) is 1. The lowest BCUT2D eigenvalue weighted by atomic mass is 10.0. The molecule has 1 fully saturated rings. The summed E-state index contributed by atoms with van der Waals surface area (Å²) in [5.74, 6) is 1.54. The highest BCUT2D eigenvalue weighted by molar-refractivity contribution is 7.17. The fourth-order valence-corrected chi connectivity index (χ4v) is 3.36. The van der Waals surface area contributed by atoms with Crippen molar-refractivity contribution in [2.24, 2.45) is 5.92 Å². The molecule has 1 aliphatic heterocycles. The molecule has 3 rings (SSSR count). The molecule has 0 spiro atoms. The van der Waals surface area contributed by atoms with E-state index < -0.39 is 0 Å². The molecule has 0 bridgehead atoms. The minimum absolute atomic E-state index is 0.00458. The molecule has 0 amide bonds. The van der Waals surface area contributed by atoms with E-state index >= 15 is 0 Å². The van der Waals surface area contributed by atoms with Crippen molar-refractivity contribution in [2.45, 2.75) is 26.3 Å². The van der Waals surface area contributed by atoms with Crippen LogP contribution < -0.4 is 5.56 Å². The van der Waals surface area contributed by atoms with Gasteiger partial charge in [-0.3, -0.25) is 9.69 Å². The summed E-state index contributed by atoms with van der Waals surface area (Å²) >= 11 is 1.45. The minimum Gasteiger partial charge on any atom is -0.308 e. The van der Waals surface area contributed by atoms with Gasteiger partial charge in [0.2, 0.25) is 0 Å².